The van der Waals surface area contributed by atoms with Gasteiger partial charge < -0.3 is 18.9 Å². The quantitative estimate of drug-likeness (QED) is 0.232. The van der Waals surface area contributed by atoms with E-state index in [2.05, 4.69) is 24.3 Å². The summed E-state index contributed by atoms with van der Waals surface area (Å²) in [5.41, 5.74) is 2.73. The Hall–Kier alpha value is -3.20. The molecule has 1 fully saturated rings. The van der Waals surface area contributed by atoms with Gasteiger partial charge in [-0.25, -0.2) is 0 Å². The SMILES string of the molecule is CC[C@H]1OC(c2ccc(Cl)c(Cc3ccc(-c4ccccc4)s3)c2)[C@H](OC(C)=O)[C@@H](OC(C)=O)[C@@H]1OC(C)=O. The van der Waals surface area contributed by atoms with E-state index >= 15 is 0 Å². The lowest BCUT2D eigenvalue weighted by Gasteiger charge is -2.44. The van der Waals surface area contributed by atoms with Crippen molar-refractivity contribution in [2.24, 2.45) is 0 Å². The minimum Gasteiger partial charge on any atom is -0.456 e. The third-order valence-corrected chi connectivity index (χ3v) is 7.93. The number of halogens is 1. The second-order valence-corrected chi connectivity index (χ2v) is 11.0. The van der Waals surface area contributed by atoms with Crippen LogP contribution in [0.25, 0.3) is 10.4 Å². The van der Waals surface area contributed by atoms with Crippen LogP contribution in [0.5, 0.6) is 0 Å². The predicted octanol–water partition coefficient (Wildman–Crippen LogP) is 6.30. The van der Waals surface area contributed by atoms with Crippen LogP contribution in [0.1, 0.15) is 56.2 Å². The van der Waals surface area contributed by atoms with Gasteiger partial charge >= 0.3 is 17.9 Å². The maximum Gasteiger partial charge on any atom is 0.303 e. The minimum atomic E-state index is -1.05. The van der Waals surface area contributed by atoms with Crippen molar-refractivity contribution in [1.29, 1.82) is 0 Å². The lowest BCUT2D eigenvalue weighted by atomic mass is 9.88. The van der Waals surface area contributed by atoms with Crippen LogP contribution >= 0.6 is 22.9 Å². The van der Waals surface area contributed by atoms with E-state index in [-0.39, 0.29) is 0 Å². The van der Waals surface area contributed by atoms with Crippen LogP contribution in [0.15, 0.2) is 60.7 Å². The molecule has 0 aliphatic carbocycles. The van der Waals surface area contributed by atoms with Crippen molar-refractivity contribution in [2.45, 2.75) is 71.1 Å². The van der Waals surface area contributed by atoms with E-state index in [1.54, 1.807) is 23.5 Å². The zero-order chi connectivity index (χ0) is 28.1. The molecule has 9 heteroatoms. The highest BCUT2D eigenvalue weighted by atomic mass is 35.5. The molecule has 0 N–H and O–H groups in total. The largest absolute Gasteiger partial charge is 0.456 e. The first kappa shape index (κ1) is 28.8. The first-order valence-corrected chi connectivity index (χ1v) is 13.9. The molecule has 1 aliphatic heterocycles. The summed E-state index contributed by atoms with van der Waals surface area (Å²) in [4.78, 5) is 38.4. The van der Waals surface area contributed by atoms with Crippen molar-refractivity contribution in [1.82, 2.24) is 0 Å². The van der Waals surface area contributed by atoms with Gasteiger partial charge in [0.05, 0.1) is 6.10 Å². The Bertz CT molecular complexity index is 1320. The van der Waals surface area contributed by atoms with Crippen LogP contribution in [0.2, 0.25) is 5.02 Å². The number of hydrogen-bond acceptors (Lipinski definition) is 8. The zero-order valence-corrected chi connectivity index (χ0v) is 23.8. The number of ether oxygens (including phenoxy) is 4. The van der Waals surface area contributed by atoms with Crippen molar-refractivity contribution < 1.29 is 33.3 Å². The lowest BCUT2D eigenvalue weighted by Crippen LogP contribution is -2.58. The maximum atomic E-state index is 12.1. The van der Waals surface area contributed by atoms with Gasteiger partial charge in [0.1, 0.15) is 6.10 Å². The molecule has 1 saturated heterocycles. The van der Waals surface area contributed by atoms with Crippen molar-refractivity contribution >= 4 is 40.8 Å². The molecule has 1 aromatic heterocycles. The van der Waals surface area contributed by atoms with Crippen molar-refractivity contribution in [3.63, 3.8) is 0 Å². The first-order chi connectivity index (χ1) is 18.7. The van der Waals surface area contributed by atoms with Crippen LogP contribution in [-0.4, -0.2) is 42.3 Å². The summed E-state index contributed by atoms with van der Waals surface area (Å²) in [6.45, 7) is 5.67. The van der Waals surface area contributed by atoms with Crippen molar-refractivity contribution in [3.05, 3.63) is 81.7 Å². The highest BCUT2D eigenvalue weighted by molar-refractivity contribution is 7.15. The second kappa shape index (κ2) is 12.8. The topological polar surface area (TPSA) is 88.1 Å². The number of carbonyl (C=O) groups excluding carboxylic acids is 3. The Morgan fingerprint density at radius 2 is 1.49 bits per heavy atom. The third kappa shape index (κ3) is 7.06. The highest BCUT2D eigenvalue weighted by Gasteiger charge is 2.51. The molecule has 0 saturated carbocycles. The van der Waals surface area contributed by atoms with E-state index in [1.807, 2.05) is 31.2 Å². The first-order valence-electron chi connectivity index (χ1n) is 12.8. The van der Waals surface area contributed by atoms with Crippen LogP contribution in [-0.2, 0) is 39.8 Å². The van der Waals surface area contributed by atoms with Gasteiger partial charge in [0.2, 0.25) is 0 Å². The molecule has 0 bridgehead atoms. The van der Waals surface area contributed by atoms with Crippen LogP contribution < -0.4 is 0 Å². The van der Waals surface area contributed by atoms with Gasteiger partial charge in [0.15, 0.2) is 18.3 Å². The van der Waals surface area contributed by atoms with Crippen LogP contribution in [0, 0.1) is 0 Å². The van der Waals surface area contributed by atoms with Gasteiger partial charge in [-0.2, -0.15) is 0 Å². The van der Waals surface area contributed by atoms with E-state index in [0.717, 1.165) is 20.9 Å². The Morgan fingerprint density at radius 1 is 0.846 bits per heavy atom. The molecule has 5 atom stereocenters. The summed E-state index contributed by atoms with van der Waals surface area (Å²) in [5, 5.41) is 0.592. The number of thiophene rings is 1. The number of rotatable bonds is 8. The fraction of sp³-hybridized carbons (Fsp3) is 0.367. The highest BCUT2D eigenvalue weighted by Crippen LogP contribution is 2.40. The summed E-state index contributed by atoms with van der Waals surface area (Å²) in [5.74, 6) is -1.73. The number of hydrogen-bond donors (Lipinski definition) is 0. The third-order valence-electron chi connectivity index (χ3n) is 6.43. The van der Waals surface area contributed by atoms with Crippen molar-refractivity contribution in [3.8, 4) is 10.4 Å². The Morgan fingerprint density at radius 3 is 2.13 bits per heavy atom. The van der Waals surface area contributed by atoms with E-state index in [0.29, 0.717) is 23.4 Å². The van der Waals surface area contributed by atoms with Gasteiger partial charge in [0.25, 0.3) is 0 Å². The monoisotopic (exact) mass is 570 g/mol. The summed E-state index contributed by atoms with van der Waals surface area (Å²) >= 11 is 8.31. The number of carbonyl (C=O) groups is 3. The van der Waals surface area contributed by atoms with Gasteiger partial charge in [-0.3, -0.25) is 14.4 Å². The van der Waals surface area contributed by atoms with Gasteiger partial charge in [0, 0.05) is 42.0 Å². The van der Waals surface area contributed by atoms with Gasteiger partial charge in [-0.15, -0.1) is 11.3 Å². The van der Waals surface area contributed by atoms with Crippen molar-refractivity contribution in [2.75, 3.05) is 0 Å². The second-order valence-electron chi connectivity index (χ2n) is 9.39. The molecule has 7 nitrogen and oxygen atoms in total. The van der Waals surface area contributed by atoms with Crippen LogP contribution in [0.3, 0.4) is 0 Å². The summed E-state index contributed by atoms with van der Waals surface area (Å²) < 4.78 is 23.1. The van der Waals surface area contributed by atoms with Gasteiger partial charge in [-0.1, -0.05) is 61.0 Å². The molecule has 206 valence electrons. The minimum absolute atomic E-state index is 0.469. The number of benzene rings is 2. The Kier molecular flexibility index (Phi) is 9.43. The average molecular weight is 571 g/mol. The molecule has 2 aromatic carbocycles. The van der Waals surface area contributed by atoms with E-state index in [4.69, 9.17) is 30.5 Å². The Balaban J connectivity index is 1.68. The van der Waals surface area contributed by atoms with E-state index in [9.17, 15) is 14.4 Å². The summed E-state index contributed by atoms with van der Waals surface area (Å²) in [6, 6.07) is 19.9. The molecule has 0 amide bonds. The molecular weight excluding hydrogens is 540 g/mol. The van der Waals surface area contributed by atoms with E-state index in [1.165, 1.54) is 20.8 Å². The normalized spacial score (nSPS) is 22.6. The molecule has 39 heavy (non-hydrogen) atoms. The smallest absolute Gasteiger partial charge is 0.303 e. The average Bonchev–Trinajstić information content (AvgIpc) is 3.36. The molecule has 3 aromatic rings. The summed E-state index contributed by atoms with van der Waals surface area (Å²) in [7, 11) is 0. The van der Waals surface area contributed by atoms with Crippen LogP contribution in [0.4, 0.5) is 0 Å². The fourth-order valence-electron chi connectivity index (χ4n) is 4.82. The molecule has 2 heterocycles. The predicted molar refractivity (Wildman–Crippen MR) is 149 cm³/mol. The standard InChI is InChI=1S/C30H31ClO7S/c1-5-25-28(35-17(2)32)30(37-19(4)34)29(36-18(3)33)27(38-25)21-11-13-24(31)22(15-21)16-23-12-14-26(39-23)20-9-7-6-8-10-20/h6-15,25,27-30H,5,16H2,1-4H3/t25-,27?,28-,29+,30+/m1/s1. The number of esters is 3. The molecule has 0 radical (unpaired) electrons. The molecular formula is C30H31ClO7S. The molecule has 4 rings (SSSR count). The molecule has 1 unspecified atom stereocenters. The summed E-state index contributed by atoms with van der Waals surface area (Å²) in [6.07, 6.45) is -3.35. The molecule has 1 aliphatic rings. The fourth-order valence-corrected chi connectivity index (χ4v) is 6.04. The van der Waals surface area contributed by atoms with E-state index < -0.39 is 48.4 Å². The zero-order valence-electron chi connectivity index (χ0n) is 22.2. The van der Waals surface area contributed by atoms with Gasteiger partial charge in [-0.05, 0) is 41.3 Å². The molecule has 0 spiro atoms. The maximum absolute atomic E-state index is 12.1. The lowest BCUT2D eigenvalue weighted by molar-refractivity contribution is -0.249. The Labute approximate surface area is 237 Å².